The third kappa shape index (κ3) is 13.5. The SMILES string of the molecule is CCC(C)[C@H](NC(=O)c1ccc(-c2cnc[nH]2)cc1)C(=O)NCCCCCCCCCCCNC(=O)[C@@H](NC(=O)c1ccc(-c2cnc[nH]2)cc1)C(C)CC. The van der Waals surface area contributed by atoms with Gasteiger partial charge in [0, 0.05) is 24.2 Å². The molecule has 0 aliphatic carbocycles. The van der Waals surface area contributed by atoms with Gasteiger partial charge in [-0.25, -0.2) is 9.97 Å². The second-order valence-electron chi connectivity index (χ2n) is 14.5. The Morgan fingerprint density at radius 1 is 0.545 bits per heavy atom. The number of rotatable bonds is 24. The summed E-state index contributed by atoms with van der Waals surface area (Å²) in [4.78, 5) is 66.3. The van der Waals surface area contributed by atoms with Crippen LogP contribution in [0.15, 0.2) is 73.6 Å². The third-order valence-corrected chi connectivity index (χ3v) is 10.4. The molecule has 12 heteroatoms. The number of carbonyl (C=O) groups is 4. The molecule has 296 valence electrons. The minimum Gasteiger partial charge on any atom is -0.354 e. The Labute approximate surface area is 325 Å². The lowest BCUT2D eigenvalue weighted by Gasteiger charge is -2.23. The molecule has 0 aliphatic heterocycles. The molecule has 4 atom stereocenters. The molecule has 0 aliphatic rings. The fraction of sp³-hybridized carbons (Fsp3) is 0.488. The highest BCUT2D eigenvalue weighted by atomic mass is 16.2. The van der Waals surface area contributed by atoms with E-state index < -0.39 is 12.1 Å². The zero-order chi connectivity index (χ0) is 39.4. The molecule has 2 aromatic heterocycles. The Morgan fingerprint density at radius 3 is 1.20 bits per heavy atom. The molecule has 6 N–H and O–H groups in total. The van der Waals surface area contributed by atoms with Gasteiger partial charge in [0.05, 0.1) is 36.4 Å². The average Bonchev–Trinajstić information content (AvgIpc) is 3.96. The smallest absolute Gasteiger partial charge is 0.251 e. The van der Waals surface area contributed by atoms with Crippen molar-refractivity contribution >= 4 is 23.6 Å². The van der Waals surface area contributed by atoms with Gasteiger partial charge in [0.15, 0.2) is 0 Å². The van der Waals surface area contributed by atoms with E-state index in [9.17, 15) is 19.2 Å². The van der Waals surface area contributed by atoms with E-state index in [1.807, 2.05) is 52.0 Å². The summed E-state index contributed by atoms with van der Waals surface area (Å²) < 4.78 is 0. The van der Waals surface area contributed by atoms with E-state index >= 15 is 0 Å². The van der Waals surface area contributed by atoms with Crippen LogP contribution in [0.25, 0.3) is 22.5 Å². The molecule has 4 rings (SSSR count). The Kier molecular flexibility index (Phi) is 17.6. The molecule has 0 saturated carbocycles. The van der Waals surface area contributed by atoms with E-state index in [0.717, 1.165) is 93.1 Å². The van der Waals surface area contributed by atoms with Gasteiger partial charge in [0.2, 0.25) is 11.8 Å². The maximum atomic E-state index is 13.1. The second kappa shape index (κ2) is 22.8. The van der Waals surface area contributed by atoms with Crippen LogP contribution in [0, 0.1) is 11.8 Å². The van der Waals surface area contributed by atoms with Crippen molar-refractivity contribution in [2.45, 2.75) is 110 Å². The normalized spacial score (nSPS) is 13.3. The van der Waals surface area contributed by atoms with Crippen LogP contribution in [0.5, 0.6) is 0 Å². The van der Waals surface area contributed by atoms with Crippen LogP contribution in [0.1, 0.15) is 119 Å². The molecule has 12 nitrogen and oxygen atoms in total. The molecule has 0 bridgehead atoms. The van der Waals surface area contributed by atoms with Crippen molar-refractivity contribution in [1.82, 2.24) is 41.2 Å². The molecule has 0 spiro atoms. The molecular formula is C43H60N8O4. The highest BCUT2D eigenvalue weighted by Gasteiger charge is 2.27. The summed E-state index contributed by atoms with van der Waals surface area (Å²) in [5.74, 6) is -0.794. The maximum Gasteiger partial charge on any atom is 0.251 e. The van der Waals surface area contributed by atoms with Crippen LogP contribution in [0.4, 0.5) is 0 Å². The van der Waals surface area contributed by atoms with Crippen molar-refractivity contribution in [3.05, 3.63) is 84.7 Å². The summed E-state index contributed by atoms with van der Waals surface area (Å²) in [6.07, 6.45) is 17.8. The fourth-order valence-corrected chi connectivity index (χ4v) is 6.41. The van der Waals surface area contributed by atoms with Gasteiger partial charge in [-0.15, -0.1) is 0 Å². The van der Waals surface area contributed by atoms with Gasteiger partial charge in [-0.2, -0.15) is 0 Å². The molecule has 2 aromatic carbocycles. The summed E-state index contributed by atoms with van der Waals surface area (Å²) in [6.45, 7) is 9.19. The summed E-state index contributed by atoms with van der Waals surface area (Å²) in [7, 11) is 0. The first kappa shape index (κ1) is 42.5. The van der Waals surface area contributed by atoms with Crippen LogP contribution in [-0.4, -0.2) is 68.7 Å². The molecule has 4 aromatic rings. The predicted molar refractivity (Wildman–Crippen MR) is 217 cm³/mol. The molecule has 2 unspecified atom stereocenters. The average molecular weight is 753 g/mol. The lowest BCUT2D eigenvalue weighted by molar-refractivity contribution is -0.124. The Morgan fingerprint density at radius 2 is 0.891 bits per heavy atom. The van der Waals surface area contributed by atoms with E-state index in [4.69, 9.17) is 0 Å². The van der Waals surface area contributed by atoms with Crippen molar-refractivity contribution in [3.8, 4) is 22.5 Å². The van der Waals surface area contributed by atoms with Crippen LogP contribution in [0.3, 0.4) is 0 Å². The highest BCUT2D eigenvalue weighted by Crippen LogP contribution is 2.19. The number of benzene rings is 2. The second-order valence-corrected chi connectivity index (χ2v) is 14.5. The number of hydrogen-bond donors (Lipinski definition) is 6. The number of nitrogens with zero attached hydrogens (tertiary/aromatic N) is 2. The lowest BCUT2D eigenvalue weighted by atomic mass is 9.97. The first-order chi connectivity index (χ1) is 26.7. The first-order valence-electron chi connectivity index (χ1n) is 20.1. The standard InChI is InChI=1S/C43H60N8O4/c1-5-30(3)38(50-40(52)34-20-16-32(17-21-34)36-26-44-28-48-36)42(54)46-24-14-12-10-8-7-9-11-13-15-25-47-43(55)39(31(4)6-2)51-41(53)35-22-18-33(19-23-35)37-27-45-29-49-37/h16-23,26-31,38-39H,5-15,24-25H2,1-4H3,(H,44,48)(H,45,49)(H,46,54)(H,47,55)(H,50,52)(H,51,53)/t30?,31?,38-,39-/m0/s1. The first-order valence-corrected chi connectivity index (χ1v) is 20.1. The van der Waals surface area contributed by atoms with Crippen molar-refractivity contribution in [2.75, 3.05) is 13.1 Å². The van der Waals surface area contributed by atoms with Gasteiger partial charge < -0.3 is 31.2 Å². The van der Waals surface area contributed by atoms with E-state index in [1.165, 1.54) is 0 Å². The van der Waals surface area contributed by atoms with E-state index in [2.05, 4.69) is 41.2 Å². The van der Waals surface area contributed by atoms with Crippen LogP contribution in [-0.2, 0) is 9.59 Å². The van der Waals surface area contributed by atoms with Gasteiger partial charge >= 0.3 is 0 Å². The summed E-state index contributed by atoms with van der Waals surface area (Å²) in [6, 6.07) is 13.3. The van der Waals surface area contributed by atoms with E-state index in [1.54, 1.807) is 49.3 Å². The van der Waals surface area contributed by atoms with Gasteiger partial charge in [0.1, 0.15) is 12.1 Å². The summed E-state index contributed by atoms with van der Waals surface area (Å²) >= 11 is 0. The minimum absolute atomic E-state index is 0.00225. The topological polar surface area (TPSA) is 174 Å². The van der Waals surface area contributed by atoms with Crippen LogP contribution in [0.2, 0.25) is 0 Å². The van der Waals surface area contributed by atoms with Crippen molar-refractivity contribution in [1.29, 1.82) is 0 Å². The number of aromatic nitrogens is 4. The summed E-state index contributed by atoms with van der Waals surface area (Å²) in [5, 5.41) is 12.0. The minimum atomic E-state index is -0.594. The number of H-pyrrole nitrogens is 2. The number of imidazole rings is 2. The molecule has 0 saturated heterocycles. The maximum absolute atomic E-state index is 13.1. The lowest BCUT2D eigenvalue weighted by Crippen LogP contribution is -2.50. The Bertz CT molecular complexity index is 1600. The Balaban J connectivity index is 1.04. The molecule has 2 heterocycles. The zero-order valence-electron chi connectivity index (χ0n) is 33.0. The van der Waals surface area contributed by atoms with Gasteiger partial charge in [-0.3, -0.25) is 19.2 Å². The van der Waals surface area contributed by atoms with Gasteiger partial charge in [-0.1, -0.05) is 110 Å². The molecule has 4 amide bonds. The summed E-state index contributed by atoms with van der Waals surface area (Å²) in [5.41, 5.74) is 4.64. The largest absolute Gasteiger partial charge is 0.354 e. The van der Waals surface area contributed by atoms with Crippen LogP contribution < -0.4 is 21.3 Å². The molecular weight excluding hydrogens is 693 g/mol. The van der Waals surface area contributed by atoms with Crippen molar-refractivity contribution in [3.63, 3.8) is 0 Å². The number of hydrogen-bond acceptors (Lipinski definition) is 6. The van der Waals surface area contributed by atoms with E-state index in [-0.39, 0.29) is 35.5 Å². The molecule has 55 heavy (non-hydrogen) atoms. The Hall–Kier alpha value is -5.26. The van der Waals surface area contributed by atoms with Crippen LogP contribution >= 0.6 is 0 Å². The van der Waals surface area contributed by atoms with E-state index in [0.29, 0.717) is 24.2 Å². The van der Waals surface area contributed by atoms with Crippen molar-refractivity contribution < 1.29 is 19.2 Å². The molecule has 0 fully saturated rings. The predicted octanol–water partition coefficient (Wildman–Crippen LogP) is 7.20. The monoisotopic (exact) mass is 752 g/mol. The van der Waals surface area contributed by atoms with Gasteiger partial charge in [0.25, 0.3) is 11.8 Å². The number of amides is 4. The zero-order valence-corrected chi connectivity index (χ0v) is 33.0. The number of aromatic amines is 2. The third-order valence-electron chi connectivity index (χ3n) is 10.4. The molecule has 0 radical (unpaired) electrons. The van der Waals surface area contributed by atoms with Gasteiger partial charge in [-0.05, 0) is 60.1 Å². The van der Waals surface area contributed by atoms with Crippen molar-refractivity contribution in [2.24, 2.45) is 11.8 Å². The fourth-order valence-electron chi connectivity index (χ4n) is 6.41. The quantitative estimate of drug-likeness (QED) is 0.0413. The number of carbonyl (C=O) groups excluding carboxylic acids is 4. The number of nitrogens with one attached hydrogen (secondary N) is 6. The highest BCUT2D eigenvalue weighted by molar-refractivity contribution is 5.98. The number of unbranched alkanes of at least 4 members (excludes halogenated alkanes) is 8.